The first-order valence-corrected chi connectivity index (χ1v) is 6.14. The molecule has 84 valence electrons. The van der Waals surface area contributed by atoms with Crippen LogP contribution in [0.4, 0.5) is 0 Å². The molecule has 1 saturated carbocycles. The van der Waals surface area contributed by atoms with Crippen LogP contribution < -0.4 is 5.32 Å². The third-order valence-corrected chi connectivity index (χ3v) is 3.12. The van der Waals surface area contributed by atoms with Gasteiger partial charge in [0.2, 0.25) is 0 Å². The van der Waals surface area contributed by atoms with Gasteiger partial charge in [-0.2, -0.15) is 0 Å². The second-order valence-electron chi connectivity index (χ2n) is 4.67. The van der Waals surface area contributed by atoms with E-state index in [9.17, 15) is 0 Å². The number of hydrogen-bond acceptors (Lipinski definition) is 2. The highest BCUT2D eigenvalue weighted by Crippen LogP contribution is 2.34. The molecule has 0 aromatic rings. The van der Waals surface area contributed by atoms with Crippen LogP contribution in [0.1, 0.15) is 52.4 Å². The molecule has 2 heteroatoms. The highest BCUT2D eigenvalue weighted by molar-refractivity contribution is 4.87. The highest BCUT2D eigenvalue weighted by Gasteiger charge is 2.31. The van der Waals surface area contributed by atoms with Crippen LogP contribution in [0.25, 0.3) is 0 Å². The predicted molar refractivity (Wildman–Crippen MR) is 60.3 cm³/mol. The van der Waals surface area contributed by atoms with Crippen LogP contribution in [0.5, 0.6) is 0 Å². The zero-order chi connectivity index (χ0) is 10.4. The highest BCUT2D eigenvalue weighted by atomic mass is 16.3. The molecule has 1 rings (SSSR count). The zero-order valence-corrected chi connectivity index (χ0v) is 9.63. The molecule has 0 spiro atoms. The molecular weight excluding hydrogens is 174 g/mol. The lowest BCUT2D eigenvalue weighted by Gasteiger charge is -2.22. The standard InChI is InChI=1S/C12H25NO/c1-3-4-5-10(2)13-12(8-9-14)11-6-7-11/h10-14H,3-9H2,1-2H3. The number of aliphatic hydroxyl groups is 1. The Bertz CT molecular complexity index is 145. The molecule has 0 radical (unpaired) electrons. The maximum atomic E-state index is 8.96. The molecule has 1 fully saturated rings. The van der Waals surface area contributed by atoms with E-state index in [1.807, 2.05) is 0 Å². The summed E-state index contributed by atoms with van der Waals surface area (Å²) in [5.41, 5.74) is 0. The largest absolute Gasteiger partial charge is 0.396 e. The summed E-state index contributed by atoms with van der Waals surface area (Å²) >= 11 is 0. The molecule has 2 N–H and O–H groups in total. The summed E-state index contributed by atoms with van der Waals surface area (Å²) in [6, 6.07) is 1.19. The van der Waals surface area contributed by atoms with Gasteiger partial charge in [-0.15, -0.1) is 0 Å². The molecule has 0 aromatic carbocycles. The van der Waals surface area contributed by atoms with E-state index in [1.165, 1.54) is 32.1 Å². The first-order valence-electron chi connectivity index (χ1n) is 6.14. The Balaban J connectivity index is 2.16. The average molecular weight is 199 g/mol. The predicted octanol–water partition coefficient (Wildman–Crippen LogP) is 2.32. The summed E-state index contributed by atoms with van der Waals surface area (Å²) < 4.78 is 0. The van der Waals surface area contributed by atoms with Crippen molar-refractivity contribution in [1.82, 2.24) is 5.32 Å². The van der Waals surface area contributed by atoms with Gasteiger partial charge in [0, 0.05) is 18.7 Å². The van der Waals surface area contributed by atoms with Crippen LogP contribution in [-0.2, 0) is 0 Å². The van der Waals surface area contributed by atoms with E-state index >= 15 is 0 Å². The maximum Gasteiger partial charge on any atom is 0.0445 e. The Morgan fingerprint density at radius 3 is 2.57 bits per heavy atom. The zero-order valence-electron chi connectivity index (χ0n) is 9.63. The minimum absolute atomic E-state index is 0.328. The van der Waals surface area contributed by atoms with Gasteiger partial charge in [-0.05, 0) is 38.5 Å². The van der Waals surface area contributed by atoms with Crippen molar-refractivity contribution in [3.63, 3.8) is 0 Å². The molecule has 1 aliphatic carbocycles. The van der Waals surface area contributed by atoms with E-state index < -0.39 is 0 Å². The second-order valence-corrected chi connectivity index (χ2v) is 4.67. The van der Waals surface area contributed by atoms with Gasteiger partial charge in [-0.25, -0.2) is 0 Å². The van der Waals surface area contributed by atoms with Crippen molar-refractivity contribution < 1.29 is 5.11 Å². The molecular formula is C12H25NO. The van der Waals surface area contributed by atoms with Gasteiger partial charge in [0.05, 0.1) is 0 Å². The van der Waals surface area contributed by atoms with Gasteiger partial charge in [0.25, 0.3) is 0 Å². The van der Waals surface area contributed by atoms with Crippen molar-refractivity contribution in [3.8, 4) is 0 Å². The van der Waals surface area contributed by atoms with Crippen LogP contribution in [0.3, 0.4) is 0 Å². The van der Waals surface area contributed by atoms with Gasteiger partial charge in [-0.3, -0.25) is 0 Å². The summed E-state index contributed by atoms with van der Waals surface area (Å²) in [5, 5.41) is 12.6. The molecule has 0 aromatic heterocycles. The SMILES string of the molecule is CCCCC(C)NC(CCO)C1CC1. The minimum Gasteiger partial charge on any atom is -0.396 e. The van der Waals surface area contributed by atoms with Gasteiger partial charge in [0.1, 0.15) is 0 Å². The summed E-state index contributed by atoms with van der Waals surface area (Å²) in [4.78, 5) is 0. The quantitative estimate of drug-likeness (QED) is 0.629. The monoisotopic (exact) mass is 199 g/mol. The third-order valence-electron chi connectivity index (χ3n) is 3.12. The van der Waals surface area contributed by atoms with Crippen LogP contribution in [0.15, 0.2) is 0 Å². The fraction of sp³-hybridized carbons (Fsp3) is 1.00. The van der Waals surface area contributed by atoms with Gasteiger partial charge in [0.15, 0.2) is 0 Å². The molecule has 0 saturated heterocycles. The smallest absolute Gasteiger partial charge is 0.0445 e. The number of aliphatic hydroxyl groups excluding tert-OH is 1. The Hall–Kier alpha value is -0.0800. The summed E-state index contributed by atoms with van der Waals surface area (Å²) in [5.74, 6) is 0.853. The van der Waals surface area contributed by atoms with Gasteiger partial charge in [-0.1, -0.05) is 19.8 Å². The van der Waals surface area contributed by atoms with Crippen LogP contribution >= 0.6 is 0 Å². The third kappa shape index (κ3) is 4.43. The molecule has 2 atom stereocenters. The van der Waals surface area contributed by atoms with Crippen LogP contribution in [0, 0.1) is 5.92 Å². The van der Waals surface area contributed by atoms with Crippen molar-refractivity contribution in [1.29, 1.82) is 0 Å². The number of rotatable bonds is 8. The molecule has 14 heavy (non-hydrogen) atoms. The fourth-order valence-corrected chi connectivity index (χ4v) is 2.05. The Kier molecular flexibility index (Phi) is 5.49. The molecule has 0 heterocycles. The number of nitrogens with one attached hydrogen (secondary N) is 1. The van der Waals surface area contributed by atoms with E-state index in [1.54, 1.807) is 0 Å². The lowest BCUT2D eigenvalue weighted by atomic mass is 10.1. The summed E-state index contributed by atoms with van der Waals surface area (Å²) in [7, 11) is 0. The summed E-state index contributed by atoms with van der Waals surface area (Å²) in [6.45, 7) is 4.83. The Morgan fingerprint density at radius 1 is 1.36 bits per heavy atom. The second kappa shape index (κ2) is 6.41. The lowest BCUT2D eigenvalue weighted by Crippen LogP contribution is -2.38. The molecule has 2 nitrogen and oxygen atoms in total. The first kappa shape index (κ1) is 12.0. The van der Waals surface area contributed by atoms with E-state index in [0.717, 1.165) is 12.3 Å². The van der Waals surface area contributed by atoms with E-state index in [4.69, 9.17) is 5.11 Å². The fourth-order valence-electron chi connectivity index (χ4n) is 2.05. The molecule has 2 unspecified atom stereocenters. The van der Waals surface area contributed by atoms with Crippen LogP contribution in [0.2, 0.25) is 0 Å². The van der Waals surface area contributed by atoms with Crippen LogP contribution in [-0.4, -0.2) is 23.8 Å². The first-order chi connectivity index (χ1) is 6.77. The topological polar surface area (TPSA) is 32.3 Å². The minimum atomic E-state index is 0.328. The van der Waals surface area contributed by atoms with E-state index in [-0.39, 0.29) is 0 Å². The van der Waals surface area contributed by atoms with Crippen molar-refractivity contribution in [2.75, 3.05) is 6.61 Å². The Morgan fingerprint density at radius 2 is 2.07 bits per heavy atom. The molecule has 0 aliphatic heterocycles. The lowest BCUT2D eigenvalue weighted by molar-refractivity contribution is 0.247. The van der Waals surface area contributed by atoms with E-state index in [0.29, 0.717) is 18.7 Å². The molecule has 0 bridgehead atoms. The molecule has 0 amide bonds. The number of unbranched alkanes of at least 4 members (excludes halogenated alkanes) is 1. The summed E-state index contributed by atoms with van der Waals surface area (Å²) in [6.07, 6.45) is 7.51. The van der Waals surface area contributed by atoms with Crippen molar-refractivity contribution >= 4 is 0 Å². The normalized spacial score (nSPS) is 20.8. The van der Waals surface area contributed by atoms with E-state index in [2.05, 4.69) is 19.2 Å². The average Bonchev–Trinajstić information content (AvgIpc) is 2.97. The van der Waals surface area contributed by atoms with Gasteiger partial charge >= 0.3 is 0 Å². The Labute approximate surface area is 88.1 Å². The van der Waals surface area contributed by atoms with Gasteiger partial charge < -0.3 is 10.4 Å². The van der Waals surface area contributed by atoms with Crippen molar-refractivity contribution in [2.24, 2.45) is 5.92 Å². The maximum absolute atomic E-state index is 8.96. The number of hydrogen-bond donors (Lipinski definition) is 2. The van der Waals surface area contributed by atoms with Crippen molar-refractivity contribution in [2.45, 2.75) is 64.5 Å². The van der Waals surface area contributed by atoms with Crippen molar-refractivity contribution in [3.05, 3.63) is 0 Å². The molecule has 1 aliphatic rings.